The zero-order valence-electron chi connectivity index (χ0n) is 9.09. The molecule has 0 fully saturated rings. The van der Waals surface area contributed by atoms with Gasteiger partial charge >= 0.3 is 0 Å². The van der Waals surface area contributed by atoms with Gasteiger partial charge in [0.2, 0.25) is 0 Å². The van der Waals surface area contributed by atoms with Gasteiger partial charge in [-0.25, -0.2) is 9.37 Å². The summed E-state index contributed by atoms with van der Waals surface area (Å²) >= 11 is 3.32. The molecule has 0 saturated heterocycles. The van der Waals surface area contributed by atoms with E-state index >= 15 is 0 Å². The minimum Gasteiger partial charge on any atom is -0.336 e. The van der Waals surface area contributed by atoms with Crippen molar-refractivity contribution in [3.63, 3.8) is 0 Å². The first-order valence-corrected chi connectivity index (χ1v) is 5.88. The topological polar surface area (TPSA) is 28.7 Å². The van der Waals surface area contributed by atoms with E-state index in [0.29, 0.717) is 10.7 Å². The number of hydrogen-bond donors (Lipinski definition) is 1. The molecule has 0 aliphatic rings. The summed E-state index contributed by atoms with van der Waals surface area (Å²) in [6, 6.07) is 6.37. The molecule has 1 aromatic carbocycles. The van der Waals surface area contributed by atoms with E-state index in [9.17, 15) is 4.39 Å². The van der Waals surface area contributed by atoms with Crippen molar-refractivity contribution < 1.29 is 4.39 Å². The van der Waals surface area contributed by atoms with Crippen LogP contribution in [-0.2, 0) is 0 Å². The van der Waals surface area contributed by atoms with Gasteiger partial charge in [-0.15, -0.1) is 0 Å². The van der Waals surface area contributed by atoms with Gasteiger partial charge < -0.3 is 4.98 Å². The lowest BCUT2D eigenvalue weighted by molar-refractivity contribution is 0.628. The Hall–Kier alpha value is -1.16. The molecule has 0 aliphatic heterocycles. The normalized spacial score (nSPS) is 11.1. The Kier molecular flexibility index (Phi) is 3.10. The van der Waals surface area contributed by atoms with Gasteiger partial charge in [0.05, 0.1) is 5.69 Å². The zero-order valence-corrected chi connectivity index (χ0v) is 10.7. The third-order valence-electron chi connectivity index (χ3n) is 2.40. The Labute approximate surface area is 102 Å². The summed E-state index contributed by atoms with van der Waals surface area (Å²) in [6.45, 7) is 4.18. The minimum atomic E-state index is -0.232. The van der Waals surface area contributed by atoms with Crippen molar-refractivity contribution in [3.05, 3.63) is 40.5 Å². The fourth-order valence-electron chi connectivity index (χ4n) is 1.60. The maximum atomic E-state index is 12.8. The van der Waals surface area contributed by atoms with Gasteiger partial charge in [0.1, 0.15) is 5.82 Å². The SMILES string of the molecule is CC(C)c1[nH]c(Br)nc1-c1ccc(F)cc1. The molecule has 4 heteroatoms. The predicted molar refractivity (Wildman–Crippen MR) is 65.8 cm³/mol. The van der Waals surface area contributed by atoms with Crippen molar-refractivity contribution in [2.24, 2.45) is 0 Å². The smallest absolute Gasteiger partial charge is 0.175 e. The van der Waals surface area contributed by atoms with Crippen molar-refractivity contribution in [1.29, 1.82) is 0 Å². The van der Waals surface area contributed by atoms with Gasteiger partial charge in [0.25, 0.3) is 0 Å². The molecule has 1 heterocycles. The standard InChI is InChI=1S/C12H12BrFN2/c1-7(2)10-11(16-12(13)15-10)8-3-5-9(14)6-4-8/h3-7H,1-2H3,(H,15,16). The second-order valence-corrected chi connectivity index (χ2v) is 4.70. The number of aromatic amines is 1. The Morgan fingerprint density at radius 1 is 1.25 bits per heavy atom. The Morgan fingerprint density at radius 3 is 2.44 bits per heavy atom. The largest absolute Gasteiger partial charge is 0.336 e. The quantitative estimate of drug-likeness (QED) is 0.883. The first kappa shape index (κ1) is 11.3. The van der Waals surface area contributed by atoms with E-state index in [1.54, 1.807) is 12.1 Å². The first-order valence-electron chi connectivity index (χ1n) is 5.09. The van der Waals surface area contributed by atoms with E-state index in [4.69, 9.17) is 0 Å². The number of imidazole rings is 1. The van der Waals surface area contributed by atoms with Crippen LogP contribution in [0.3, 0.4) is 0 Å². The molecule has 0 bridgehead atoms. The molecular formula is C12H12BrFN2. The molecule has 0 unspecified atom stereocenters. The lowest BCUT2D eigenvalue weighted by Gasteiger charge is -2.05. The molecule has 2 rings (SSSR count). The molecule has 0 amide bonds. The number of halogens is 2. The highest BCUT2D eigenvalue weighted by Crippen LogP contribution is 2.28. The molecule has 1 aromatic heterocycles. The van der Waals surface area contributed by atoms with Gasteiger partial charge in [-0.2, -0.15) is 0 Å². The highest BCUT2D eigenvalue weighted by molar-refractivity contribution is 9.10. The molecule has 16 heavy (non-hydrogen) atoms. The molecule has 0 aliphatic carbocycles. The fraction of sp³-hybridized carbons (Fsp3) is 0.250. The molecule has 0 saturated carbocycles. The highest BCUT2D eigenvalue weighted by atomic mass is 79.9. The van der Waals surface area contributed by atoms with Crippen molar-refractivity contribution >= 4 is 15.9 Å². The predicted octanol–water partition coefficient (Wildman–Crippen LogP) is 4.10. The van der Waals surface area contributed by atoms with Crippen molar-refractivity contribution in [2.45, 2.75) is 19.8 Å². The molecule has 1 N–H and O–H groups in total. The summed E-state index contributed by atoms with van der Waals surface area (Å²) in [5, 5.41) is 0. The Morgan fingerprint density at radius 2 is 1.88 bits per heavy atom. The van der Waals surface area contributed by atoms with Crippen LogP contribution in [0.1, 0.15) is 25.5 Å². The van der Waals surface area contributed by atoms with E-state index in [0.717, 1.165) is 17.0 Å². The van der Waals surface area contributed by atoms with Crippen LogP contribution in [0, 0.1) is 5.82 Å². The lowest BCUT2D eigenvalue weighted by atomic mass is 10.0. The third-order valence-corrected chi connectivity index (χ3v) is 2.77. The maximum absolute atomic E-state index is 12.8. The number of nitrogens with zero attached hydrogens (tertiary/aromatic N) is 1. The summed E-state index contributed by atoms with van der Waals surface area (Å²) in [7, 11) is 0. The van der Waals surface area contributed by atoms with Gasteiger partial charge in [-0.1, -0.05) is 13.8 Å². The van der Waals surface area contributed by atoms with Gasteiger partial charge in [0, 0.05) is 11.3 Å². The van der Waals surface area contributed by atoms with Crippen LogP contribution < -0.4 is 0 Å². The molecule has 2 nitrogen and oxygen atoms in total. The molecule has 2 aromatic rings. The van der Waals surface area contributed by atoms with Crippen molar-refractivity contribution in [3.8, 4) is 11.3 Å². The van der Waals surface area contributed by atoms with Crippen molar-refractivity contribution in [1.82, 2.24) is 9.97 Å². The van der Waals surface area contributed by atoms with Crippen LogP contribution in [0.4, 0.5) is 4.39 Å². The molecule has 84 valence electrons. The van der Waals surface area contributed by atoms with Gasteiger partial charge in [0.15, 0.2) is 4.73 Å². The van der Waals surface area contributed by atoms with Crippen molar-refractivity contribution in [2.75, 3.05) is 0 Å². The average Bonchev–Trinajstić information content (AvgIpc) is 2.61. The monoisotopic (exact) mass is 282 g/mol. The lowest BCUT2D eigenvalue weighted by Crippen LogP contribution is -1.91. The summed E-state index contributed by atoms with van der Waals surface area (Å²) < 4.78 is 13.5. The molecule has 0 radical (unpaired) electrons. The van der Waals surface area contributed by atoms with Crippen LogP contribution in [0.5, 0.6) is 0 Å². The number of aromatic nitrogens is 2. The Bertz CT molecular complexity index is 488. The summed E-state index contributed by atoms with van der Waals surface area (Å²) in [6.07, 6.45) is 0. The van der Waals surface area contributed by atoms with Gasteiger partial charge in [-0.3, -0.25) is 0 Å². The maximum Gasteiger partial charge on any atom is 0.175 e. The second-order valence-electron chi connectivity index (χ2n) is 3.95. The molecule has 0 spiro atoms. The third kappa shape index (κ3) is 2.16. The number of nitrogens with one attached hydrogen (secondary N) is 1. The number of H-pyrrole nitrogens is 1. The summed E-state index contributed by atoms with van der Waals surface area (Å²) in [4.78, 5) is 7.54. The minimum absolute atomic E-state index is 0.232. The van der Waals surface area contributed by atoms with E-state index in [2.05, 4.69) is 39.7 Å². The molecule has 0 atom stereocenters. The second kappa shape index (κ2) is 4.37. The highest BCUT2D eigenvalue weighted by Gasteiger charge is 2.13. The van der Waals surface area contributed by atoms with Gasteiger partial charge in [-0.05, 0) is 46.1 Å². The van der Waals surface area contributed by atoms with E-state index in [1.807, 2.05) is 0 Å². The fourth-order valence-corrected chi connectivity index (χ4v) is 1.99. The van der Waals surface area contributed by atoms with E-state index in [-0.39, 0.29) is 5.82 Å². The summed E-state index contributed by atoms with van der Waals surface area (Å²) in [5.41, 5.74) is 2.85. The zero-order chi connectivity index (χ0) is 11.7. The first-order chi connectivity index (χ1) is 7.58. The van der Waals surface area contributed by atoms with E-state index in [1.165, 1.54) is 12.1 Å². The van der Waals surface area contributed by atoms with Crippen LogP contribution >= 0.6 is 15.9 Å². The van der Waals surface area contributed by atoms with Crippen LogP contribution in [-0.4, -0.2) is 9.97 Å². The Balaban J connectivity index is 2.50. The summed E-state index contributed by atoms with van der Waals surface area (Å²) in [5.74, 6) is 0.114. The van der Waals surface area contributed by atoms with E-state index < -0.39 is 0 Å². The molecular weight excluding hydrogens is 271 g/mol. The van der Waals surface area contributed by atoms with Crippen LogP contribution in [0.25, 0.3) is 11.3 Å². The van der Waals surface area contributed by atoms with Crippen LogP contribution in [0.2, 0.25) is 0 Å². The number of benzene rings is 1. The van der Waals surface area contributed by atoms with Crippen LogP contribution in [0.15, 0.2) is 29.0 Å². The number of hydrogen-bond acceptors (Lipinski definition) is 1. The number of rotatable bonds is 2. The average molecular weight is 283 g/mol.